The number of pyridine rings is 1. The third kappa shape index (κ3) is 3.76. The van der Waals surface area contributed by atoms with E-state index in [4.69, 9.17) is 10.3 Å². The molecule has 3 N–H and O–H groups in total. The summed E-state index contributed by atoms with van der Waals surface area (Å²) >= 11 is 0. The second-order valence-electron chi connectivity index (χ2n) is 7.13. The molecule has 3 rings (SSSR count). The number of nitrogens with zero attached hydrogens (tertiary/aromatic N) is 2. The number of benzene rings is 1. The van der Waals surface area contributed by atoms with Crippen molar-refractivity contribution in [2.75, 3.05) is 11.1 Å². The number of rotatable bonds is 3. The molecule has 0 fully saturated rings. The van der Waals surface area contributed by atoms with Crippen LogP contribution in [0.4, 0.5) is 15.8 Å². The molecule has 0 saturated carbocycles. The lowest BCUT2D eigenvalue weighted by atomic mass is 9.90. The van der Waals surface area contributed by atoms with Crippen LogP contribution in [0.5, 0.6) is 0 Å². The molecule has 3 aromatic rings. The third-order valence-electron chi connectivity index (χ3n) is 3.63. The topological polar surface area (TPSA) is 94.0 Å². The van der Waals surface area contributed by atoms with Crippen LogP contribution >= 0.6 is 0 Å². The molecule has 1 amide bonds. The molecule has 7 heteroatoms. The maximum atomic E-state index is 13.3. The maximum Gasteiger partial charge on any atom is 0.257 e. The van der Waals surface area contributed by atoms with E-state index in [1.54, 1.807) is 6.07 Å². The van der Waals surface area contributed by atoms with Crippen LogP contribution in [0.25, 0.3) is 11.1 Å². The molecule has 130 valence electrons. The molecule has 0 aliphatic heterocycles. The Morgan fingerprint density at radius 2 is 2.08 bits per heavy atom. The van der Waals surface area contributed by atoms with Crippen molar-refractivity contribution in [1.82, 2.24) is 10.1 Å². The van der Waals surface area contributed by atoms with E-state index in [1.807, 2.05) is 0 Å². The minimum Gasteiger partial charge on any atom is -0.397 e. The van der Waals surface area contributed by atoms with Crippen molar-refractivity contribution in [2.45, 2.75) is 27.2 Å². The van der Waals surface area contributed by atoms with Crippen molar-refractivity contribution in [3.8, 4) is 0 Å². The van der Waals surface area contributed by atoms with E-state index in [0.717, 1.165) is 5.69 Å². The van der Waals surface area contributed by atoms with Crippen molar-refractivity contribution in [3.05, 3.63) is 47.5 Å². The predicted octanol–water partition coefficient (Wildman–Crippen LogP) is 3.79. The number of fused-ring (bicyclic) bond motifs is 1. The zero-order valence-electron chi connectivity index (χ0n) is 14.3. The van der Waals surface area contributed by atoms with Gasteiger partial charge in [0.25, 0.3) is 11.6 Å². The van der Waals surface area contributed by atoms with Gasteiger partial charge in [-0.25, -0.2) is 9.37 Å². The van der Waals surface area contributed by atoms with E-state index >= 15 is 0 Å². The number of carbonyl (C=O) groups excluding carboxylic acids is 1. The highest BCUT2D eigenvalue weighted by Gasteiger charge is 2.19. The number of amides is 1. The number of hydrogen-bond acceptors (Lipinski definition) is 5. The van der Waals surface area contributed by atoms with Crippen LogP contribution in [-0.4, -0.2) is 16.0 Å². The summed E-state index contributed by atoms with van der Waals surface area (Å²) < 4.78 is 18.6. The summed E-state index contributed by atoms with van der Waals surface area (Å²) in [6, 6.07) is 5.47. The van der Waals surface area contributed by atoms with Crippen LogP contribution < -0.4 is 11.1 Å². The summed E-state index contributed by atoms with van der Waals surface area (Å²) in [5.74, 6) is -0.917. The fraction of sp³-hybridized carbons (Fsp3) is 0.278. The molecule has 0 aliphatic rings. The Hall–Kier alpha value is -2.96. The van der Waals surface area contributed by atoms with Crippen molar-refractivity contribution < 1.29 is 13.7 Å². The molecule has 0 spiro atoms. The van der Waals surface area contributed by atoms with Crippen molar-refractivity contribution in [1.29, 1.82) is 0 Å². The van der Waals surface area contributed by atoms with Crippen LogP contribution in [0.15, 0.2) is 35.0 Å². The number of aromatic nitrogens is 2. The van der Waals surface area contributed by atoms with Crippen molar-refractivity contribution in [2.24, 2.45) is 5.41 Å². The Morgan fingerprint density at radius 3 is 2.80 bits per heavy atom. The molecule has 0 aliphatic carbocycles. The Labute approximate surface area is 144 Å². The number of nitrogens with two attached hydrogens (primary N) is 1. The van der Waals surface area contributed by atoms with E-state index < -0.39 is 11.7 Å². The van der Waals surface area contributed by atoms with E-state index in [9.17, 15) is 9.18 Å². The molecule has 1 aromatic carbocycles. The van der Waals surface area contributed by atoms with Crippen molar-refractivity contribution in [3.63, 3.8) is 0 Å². The van der Waals surface area contributed by atoms with Crippen LogP contribution in [0, 0.1) is 11.2 Å². The van der Waals surface area contributed by atoms with Crippen LogP contribution in [0.1, 0.15) is 36.8 Å². The van der Waals surface area contributed by atoms with Gasteiger partial charge in [0.2, 0.25) is 0 Å². The van der Waals surface area contributed by atoms with E-state index in [-0.39, 0.29) is 16.8 Å². The summed E-state index contributed by atoms with van der Waals surface area (Å²) in [6.07, 6.45) is 2.07. The molecule has 0 saturated heterocycles. The minimum absolute atomic E-state index is 0.0120. The summed E-state index contributed by atoms with van der Waals surface area (Å²) in [7, 11) is 0. The number of hydrogen-bond donors (Lipinski definition) is 2. The van der Waals surface area contributed by atoms with Crippen LogP contribution in [0.3, 0.4) is 0 Å². The van der Waals surface area contributed by atoms with E-state index in [1.165, 1.54) is 24.4 Å². The third-order valence-corrected chi connectivity index (χ3v) is 3.63. The highest BCUT2D eigenvalue weighted by molar-refractivity contribution is 6.07. The normalized spacial score (nSPS) is 11.7. The largest absolute Gasteiger partial charge is 0.397 e. The van der Waals surface area contributed by atoms with Gasteiger partial charge in [0.05, 0.1) is 28.0 Å². The first-order valence-corrected chi connectivity index (χ1v) is 7.84. The molecule has 2 aromatic heterocycles. The zero-order chi connectivity index (χ0) is 18.2. The average Bonchev–Trinajstić information content (AvgIpc) is 2.91. The Balaban J connectivity index is 1.91. The second kappa shape index (κ2) is 6.16. The van der Waals surface area contributed by atoms with Gasteiger partial charge in [0.1, 0.15) is 5.82 Å². The lowest BCUT2D eigenvalue weighted by Crippen LogP contribution is -2.14. The van der Waals surface area contributed by atoms with Gasteiger partial charge in [-0.3, -0.25) is 4.79 Å². The standard InChI is InChI=1S/C18H19FN4O2/c1-18(2,3)8-15-12-6-10(9-21-17(12)25-23-15)16(24)22-14-7-11(19)4-5-13(14)20/h4-7,9H,8,20H2,1-3H3,(H,22,24). The van der Waals surface area contributed by atoms with E-state index in [0.29, 0.717) is 23.1 Å². The number of nitrogens with one attached hydrogen (secondary N) is 1. The van der Waals surface area contributed by atoms with Crippen molar-refractivity contribution >= 4 is 28.4 Å². The molecule has 0 unspecified atom stereocenters. The fourth-order valence-electron chi connectivity index (χ4n) is 2.46. The van der Waals surface area contributed by atoms with Gasteiger partial charge >= 0.3 is 0 Å². The lowest BCUT2D eigenvalue weighted by molar-refractivity contribution is 0.102. The molecule has 25 heavy (non-hydrogen) atoms. The number of nitrogen functional groups attached to an aromatic ring is 1. The summed E-state index contributed by atoms with van der Waals surface area (Å²) in [5.41, 5.74) is 7.70. The lowest BCUT2D eigenvalue weighted by Gasteiger charge is -2.15. The van der Waals surface area contributed by atoms with Crippen LogP contribution in [-0.2, 0) is 6.42 Å². The van der Waals surface area contributed by atoms with Gasteiger partial charge in [-0.05, 0) is 36.1 Å². The van der Waals surface area contributed by atoms with Gasteiger partial charge < -0.3 is 15.6 Å². The Bertz CT molecular complexity index is 944. The van der Waals surface area contributed by atoms with Gasteiger partial charge in [-0.15, -0.1) is 0 Å². The summed E-state index contributed by atoms with van der Waals surface area (Å²) in [5, 5.41) is 7.34. The molecule has 0 radical (unpaired) electrons. The first-order valence-electron chi connectivity index (χ1n) is 7.84. The zero-order valence-corrected chi connectivity index (χ0v) is 14.3. The maximum absolute atomic E-state index is 13.3. The molecule has 6 nitrogen and oxygen atoms in total. The first-order chi connectivity index (χ1) is 11.7. The van der Waals surface area contributed by atoms with Gasteiger partial charge in [-0.1, -0.05) is 25.9 Å². The molecule has 0 bridgehead atoms. The molecular formula is C18H19FN4O2. The Morgan fingerprint density at radius 1 is 1.32 bits per heavy atom. The second-order valence-corrected chi connectivity index (χ2v) is 7.13. The summed E-state index contributed by atoms with van der Waals surface area (Å²) in [4.78, 5) is 16.6. The van der Waals surface area contributed by atoms with Gasteiger partial charge in [-0.2, -0.15) is 0 Å². The highest BCUT2D eigenvalue weighted by atomic mass is 19.1. The molecule has 0 atom stereocenters. The number of carbonyl (C=O) groups is 1. The number of anilines is 2. The van der Waals surface area contributed by atoms with Gasteiger partial charge in [0.15, 0.2) is 0 Å². The predicted molar refractivity (Wildman–Crippen MR) is 93.7 cm³/mol. The number of halogens is 1. The van der Waals surface area contributed by atoms with Gasteiger partial charge in [0, 0.05) is 6.20 Å². The average molecular weight is 342 g/mol. The van der Waals surface area contributed by atoms with Crippen LogP contribution in [0.2, 0.25) is 0 Å². The molecule has 2 heterocycles. The minimum atomic E-state index is -0.482. The molecular weight excluding hydrogens is 323 g/mol. The first kappa shape index (κ1) is 16.9. The fourth-order valence-corrected chi connectivity index (χ4v) is 2.46. The highest BCUT2D eigenvalue weighted by Crippen LogP contribution is 2.26. The smallest absolute Gasteiger partial charge is 0.257 e. The summed E-state index contributed by atoms with van der Waals surface area (Å²) in [6.45, 7) is 6.26. The Kier molecular flexibility index (Phi) is 4.16. The monoisotopic (exact) mass is 342 g/mol. The van der Waals surface area contributed by atoms with E-state index in [2.05, 4.69) is 36.2 Å². The SMILES string of the molecule is CC(C)(C)Cc1noc2ncc(C(=O)Nc3cc(F)ccc3N)cc12. The quantitative estimate of drug-likeness (QED) is 0.706.